The summed E-state index contributed by atoms with van der Waals surface area (Å²) < 4.78 is 0. The number of carbonyl (C=O) groups excluding carboxylic acids is 1. The normalized spacial score (nSPS) is 18.1. The number of likely N-dealkylation sites (tertiary alicyclic amines) is 1. The van der Waals surface area contributed by atoms with Gasteiger partial charge in [0.2, 0.25) is 5.91 Å². The average molecular weight is 324 g/mol. The molecule has 0 radical (unpaired) electrons. The molecule has 0 aromatic rings. The number of amides is 1. The van der Waals surface area contributed by atoms with Gasteiger partial charge in [-0.2, -0.15) is 0 Å². The van der Waals surface area contributed by atoms with Gasteiger partial charge in [-0.3, -0.25) is 4.79 Å². The molecule has 0 spiro atoms. The third-order valence-corrected chi connectivity index (χ3v) is 5.97. The fourth-order valence-corrected chi connectivity index (χ4v) is 3.80. The largest absolute Gasteiger partial charge is 0.337 e. The number of carbonyl (C=O) groups is 1. The number of unbranched alkanes of at least 4 members (excludes halogenated alkanes) is 7. The van der Waals surface area contributed by atoms with Gasteiger partial charge in [0.1, 0.15) is 0 Å². The van der Waals surface area contributed by atoms with Crippen molar-refractivity contribution in [2.75, 3.05) is 6.54 Å². The lowest BCUT2D eigenvalue weighted by atomic mass is 9.83. The van der Waals surface area contributed by atoms with Crippen molar-refractivity contribution in [1.29, 1.82) is 0 Å². The van der Waals surface area contributed by atoms with Crippen LogP contribution in [0.15, 0.2) is 0 Å². The molecule has 0 aliphatic carbocycles. The first-order valence-corrected chi connectivity index (χ1v) is 10.3. The van der Waals surface area contributed by atoms with Crippen LogP contribution in [0.1, 0.15) is 111 Å². The molecule has 1 aliphatic rings. The lowest BCUT2D eigenvalue weighted by molar-refractivity contribution is -0.137. The molecule has 0 saturated carbocycles. The van der Waals surface area contributed by atoms with Crippen LogP contribution in [0, 0.1) is 5.92 Å². The van der Waals surface area contributed by atoms with E-state index < -0.39 is 0 Å². The maximum atomic E-state index is 12.4. The van der Waals surface area contributed by atoms with E-state index in [0.29, 0.717) is 11.8 Å². The van der Waals surface area contributed by atoms with E-state index in [4.69, 9.17) is 0 Å². The molecule has 0 aromatic carbocycles. The summed E-state index contributed by atoms with van der Waals surface area (Å²) in [6.45, 7) is 10.2. The zero-order chi connectivity index (χ0) is 17.1. The Morgan fingerprint density at radius 3 is 2.22 bits per heavy atom. The molecule has 1 rings (SSSR count). The van der Waals surface area contributed by atoms with Crippen molar-refractivity contribution in [3.8, 4) is 0 Å². The second kappa shape index (κ2) is 11.1. The fraction of sp³-hybridized carbons (Fsp3) is 0.952. The Hall–Kier alpha value is -0.530. The zero-order valence-electron chi connectivity index (χ0n) is 16.3. The van der Waals surface area contributed by atoms with Crippen LogP contribution in [0.3, 0.4) is 0 Å². The van der Waals surface area contributed by atoms with E-state index >= 15 is 0 Å². The lowest BCUT2D eigenvalue weighted by Gasteiger charge is -2.43. The van der Waals surface area contributed by atoms with Crippen LogP contribution >= 0.6 is 0 Å². The van der Waals surface area contributed by atoms with Gasteiger partial charge in [-0.1, -0.05) is 71.6 Å². The van der Waals surface area contributed by atoms with Crippen molar-refractivity contribution >= 4 is 5.91 Å². The predicted octanol–water partition coefficient (Wildman–Crippen LogP) is 6.33. The van der Waals surface area contributed by atoms with Gasteiger partial charge in [-0.25, -0.2) is 0 Å². The number of rotatable bonds is 11. The molecule has 136 valence electrons. The molecule has 0 N–H and O–H groups in total. The van der Waals surface area contributed by atoms with Crippen LogP contribution in [0.2, 0.25) is 0 Å². The zero-order valence-corrected chi connectivity index (χ0v) is 16.3. The van der Waals surface area contributed by atoms with E-state index in [-0.39, 0.29) is 5.54 Å². The predicted molar refractivity (Wildman–Crippen MR) is 101 cm³/mol. The fourth-order valence-electron chi connectivity index (χ4n) is 3.80. The number of hydrogen-bond donors (Lipinski definition) is 0. The van der Waals surface area contributed by atoms with Gasteiger partial charge in [0.15, 0.2) is 0 Å². The first-order valence-electron chi connectivity index (χ1n) is 10.3. The van der Waals surface area contributed by atoms with Gasteiger partial charge in [0, 0.05) is 18.5 Å². The van der Waals surface area contributed by atoms with E-state index in [2.05, 4.69) is 32.6 Å². The molecule has 1 unspecified atom stereocenters. The second-order valence-corrected chi connectivity index (χ2v) is 8.17. The van der Waals surface area contributed by atoms with E-state index in [9.17, 15) is 4.79 Å². The third-order valence-electron chi connectivity index (χ3n) is 5.97. The standard InChI is InChI=1S/C21H41NO/c1-5-6-7-8-9-10-11-13-16-19(2)21(3,4)22-18-15-12-14-17-20(22)23/h19H,5-18H2,1-4H3. The Balaban J connectivity index is 2.26. The molecule has 2 nitrogen and oxygen atoms in total. The van der Waals surface area contributed by atoms with Crippen LogP contribution < -0.4 is 0 Å². The highest BCUT2D eigenvalue weighted by molar-refractivity contribution is 5.77. The van der Waals surface area contributed by atoms with Crippen LogP contribution in [0.5, 0.6) is 0 Å². The molecule has 0 bridgehead atoms. The summed E-state index contributed by atoms with van der Waals surface area (Å²) in [6, 6.07) is 0. The molecule has 1 atom stereocenters. The van der Waals surface area contributed by atoms with Gasteiger partial charge in [0.05, 0.1) is 0 Å². The number of nitrogens with zero attached hydrogens (tertiary/aromatic N) is 1. The van der Waals surface area contributed by atoms with Gasteiger partial charge in [-0.15, -0.1) is 0 Å². The molecule has 1 fully saturated rings. The summed E-state index contributed by atoms with van der Waals surface area (Å²) in [5.74, 6) is 0.972. The van der Waals surface area contributed by atoms with Gasteiger partial charge in [0.25, 0.3) is 0 Å². The maximum absolute atomic E-state index is 12.4. The molecular formula is C21H41NO. The highest BCUT2D eigenvalue weighted by atomic mass is 16.2. The van der Waals surface area contributed by atoms with Crippen LogP contribution in [-0.4, -0.2) is 22.9 Å². The third kappa shape index (κ3) is 7.27. The Labute approximate surface area is 145 Å². The molecule has 1 saturated heterocycles. The van der Waals surface area contributed by atoms with Gasteiger partial charge >= 0.3 is 0 Å². The molecule has 23 heavy (non-hydrogen) atoms. The van der Waals surface area contributed by atoms with E-state index in [1.165, 1.54) is 70.6 Å². The highest BCUT2D eigenvalue weighted by Crippen LogP contribution is 2.31. The molecule has 1 heterocycles. The molecular weight excluding hydrogens is 282 g/mol. The molecule has 0 aromatic heterocycles. The van der Waals surface area contributed by atoms with Crippen LogP contribution in [-0.2, 0) is 4.79 Å². The van der Waals surface area contributed by atoms with E-state index in [1.54, 1.807) is 0 Å². The SMILES string of the molecule is CCCCCCCCCCC(C)C(C)(C)N1CCCCCC1=O. The summed E-state index contributed by atoms with van der Waals surface area (Å²) >= 11 is 0. The van der Waals surface area contributed by atoms with E-state index in [0.717, 1.165) is 19.4 Å². The minimum absolute atomic E-state index is 0.0164. The Morgan fingerprint density at radius 2 is 1.57 bits per heavy atom. The summed E-state index contributed by atoms with van der Waals surface area (Å²) in [4.78, 5) is 14.6. The Morgan fingerprint density at radius 1 is 0.957 bits per heavy atom. The highest BCUT2D eigenvalue weighted by Gasteiger charge is 2.35. The quantitative estimate of drug-likeness (QED) is 0.406. The monoisotopic (exact) mass is 323 g/mol. The van der Waals surface area contributed by atoms with Crippen molar-refractivity contribution in [2.45, 2.75) is 117 Å². The van der Waals surface area contributed by atoms with Gasteiger partial charge < -0.3 is 4.90 Å². The first-order chi connectivity index (χ1) is 11.0. The lowest BCUT2D eigenvalue weighted by Crippen LogP contribution is -2.51. The topological polar surface area (TPSA) is 20.3 Å². The van der Waals surface area contributed by atoms with Crippen molar-refractivity contribution in [1.82, 2.24) is 4.90 Å². The first kappa shape index (κ1) is 20.5. The molecule has 1 amide bonds. The second-order valence-electron chi connectivity index (χ2n) is 8.17. The van der Waals surface area contributed by atoms with Crippen LogP contribution in [0.4, 0.5) is 0 Å². The Kier molecular flexibility index (Phi) is 9.90. The minimum Gasteiger partial charge on any atom is -0.337 e. The summed E-state index contributed by atoms with van der Waals surface area (Å²) in [5.41, 5.74) is 0.0164. The van der Waals surface area contributed by atoms with E-state index in [1.807, 2.05) is 0 Å². The van der Waals surface area contributed by atoms with Crippen LogP contribution in [0.25, 0.3) is 0 Å². The summed E-state index contributed by atoms with van der Waals surface area (Å²) in [7, 11) is 0. The maximum Gasteiger partial charge on any atom is 0.223 e. The smallest absolute Gasteiger partial charge is 0.223 e. The summed E-state index contributed by atoms with van der Waals surface area (Å²) in [5, 5.41) is 0. The average Bonchev–Trinajstić information content (AvgIpc) is 2.74. The van der Waals surface area contributed by atoms with Crippen molar-refractivity contribution in [2.24, 2.45) is 5.92 Å². The summed E-state index contributed by atoms with van der Waals surface area (Å²) in [6.07, 6.45) is 16.5. The van der Waals surface area contributed by atoms with Crippen molar-refractivity contribution in [3.63, 3.8) is 0 Å². The number of hydrogen-bond acceptors (Lipinski definition) is 1. The van der Waals surface area contributed by atoms with Crippen molar-refractivity contribution < 1.29 is 4.79 Å². The minimum atomic E-state index is 0.0164. The van der Waals surface area contributed by atoms with Crippen molar-refractivity contribution in [3.05, 3.63) is 0 Å². The Bertz CT molecular complexity index is 324. The molecule has 1 aliphatic heterocycles. The molecule has 2 heteroatoms. The van der Waals surface area contributed by atoms with Gasteiger partial charge in [-0.05, 0) is 39.0 Å².